The van der Waals surface area contributed by atoms with Crippen LogP contribution in [-0.4, -0.2) is 14.4 Å². The first-order valence-corrected chi connectivity index (χ1v) is 13.2. The summed E-state index contributed by atoms with van der Waals surface area (Å²) in [7, 11) is -2.20. The molecule has 30 heavy (non-hydrogen) atoms. The minimum Gasteiger partial charge on any atom is -0.303 e. The number of unbranched alkanes of at least 4 members (excludes halogenated alkanes) is 1. The van der Waals surface area contributed by atoms with Gasteiger partial charge in [0.15, 0.2) is 8.07 Å². The number of allylic oxidation sites excluding steroid dienone is 2. The van der Waals surface area contributed by atoms with E-state index in [4.69, 9.17) is 0 Å². The van der Waals surface area contributed by atoms with E-state index in [1.54, 1.807) is 0 Å². The average Bonchev–Trinajstić information content (AvgIpc) is 2.81. The van der Waals surface area contributed by atoms with E-state index in [0.29, 0.717) is 12.3 Å². The summed E-state index contributed by atoms with van der Waals surface area (Å²) >= 11 is 0. The molecule has 0 N–H and O–H groups in total. The van der Waals surface area contributed by atoms with Crippen LogP contribution in [0.3, 0.4) is 0 Å². The van der Waals surface area contributed by atoms with Gasteiger partial charge in [-0.25, -0.2) is 0 Å². The third-order valence-corrected chi connectivity index (χ3v) is 11.0. The molecule has 0 heterocycles. The molecular formula is C28H32OSi. The molecule has 0 saturated carbocycles. The van der Waals surface area contributed by atoms with Gasteiger partial charge in [0.1, 0.15) is 6.29 Å². The van der Waals surface area contributed by atoms with Crippen molar-refractivity contribution in [2.75, 3.05) is 0 Å². The molecule has 1 unspecified atom stereocenters. The van der Waals surface area contributed by atoms with Crippen molar-refractivity contribution >= 4 is 29.9 Å². The summed E-state index contributed by atoms with van der Waals surface area (Å²) in [6, 6.07) is 34.2. The van der Waals surface area contributed by atoms with E-state index in [1.165, 1.54) is 21.1 Å². The Morgan fingerprint density at radius 2 is 1.23 bits per heavy atom. The summed E-state index contributed by atoms with van der Waals surface area (Å²) in [5, 5.41) is 4.33. The van der Waals surface area contributed by atoms with E-state index in [9.17, 15) is 4.79 Å². The van der Waals surface area contributed by atoms with Crippen LogP contribution in [0.2, 0.25) is 6.04 Å². The molecule has 0 saturated heterocycles. The molecule has 0 aliphatic carbocycles. The summed E-state index contributed by atoms with van der Waals surface area (Å²) < 4.78 is 0. The van der Waals surface area contributed by atoms with Crippen molar-refractivity contribution in [3.8, 4) is 0 Å². The Labute approximate surface area is 182 Å². The maximum atomic E-state index is 10.7. The summed E-state index contributed by atoms with van der Waals surface area (Å²) in [4.78, 5) is 10.7. The highest BCUT2D eigenvalue weighted by atomic mass is 28.3. The van der Waals surface area contributed by atoms with Crippen molar-refractivity contribution in [1.82, 2.24) is 0 Å². The zero-order chi connectivity index (χ0) is 21.2. The molecule has 3 aromatic carbocycles. The molecule has 2 heteroatoms. The van der Waals surface area contributed by atoms with Crippen LogP contribution in [0.5, 0.6) is 0 Å². The lowest BCUT2D eigenvalue weighted by Gasteiger charge is -2.33. The number of aldehydes is 1. The Balaban J connectivity index is 2.07. The molecule has 3 rings (SSSR count). The van der Waals surface area contributed by atoms with E-state index in [-0.39, 0.29) is 0 Å². The van der Waals surface area contributed by atoms with Gasteiger partial charge in [0, 0.05) is 6.42 Å². The maximum Gasteiger partial charge on any atom is 0.151 e. The fourth-order valence-electron chi connectivity index (χ4n) is 4.27. The molecule has 1 nitrogen and oxygen atoms in total. The van der Waals surface area contributed by atoms with E-state index in [1.807, 2.05) is 0 Å². The molecule has 0 aromatic heterocycles. The van der Waals surface area contributed by atoms with Crippen molar-refractivity contribution in [2.24, 2.45) is 5.92 Å². The van der Waals surface area contributed by atoms with E-state index < -0.39 is 8.07 Å². The van der Waals surface area contributed by atoms with Crippen LogP contribution in [0.15, 0.2) is 103 Å². The van der Waals surface area contributed by atoms with E-state index in [2.05, 4.69) is 111 Å². The van der Waals surface area contributed by atoms with Gasteiger partial charge in [0.25, 0.3) is 0 Å². The quantitative estimate of drug-likeness (QED) is 0.149. The summed E-state index contributed by atoms with van der Waals surface area (Å²) in [6.07, 6.45) is 6.20. The Morgan fingerprint density at radius 1 is 0.800 bits per heavy atom. The van der Waals surface area contributed by atoms with Gasteiger partial charge in [-0.1, -0.05) is 110 Å². The lowest BCUT2D eigenvalue weighted by molar-refractivity contribution is -0.107. The van der Waals surface area contributed by atoms with E-state index in [0.717, 1.165) is 25.2 Å². The molecule has 0 aliphatic rings. The fourth-order valence-corrected chi connectivity index (χ4v) is 8.89. The largest absolute Gasteiger partial charge is 0.303 e. The Bertz CT molecular complexity index is 835. The Morgan fingerprint density at radius 3 is 1.63 bits per heavy atom. The second-order valence-electron chi connectivity index (χ2n) is 8.15. The van der Waals surface area contributed by atoms with Crippen molar-refractivity contribution in [3.05, 3.63) is 103 Å². The predicted octanol–water partition coefficient (Wildman–Crippen LogP) is 5.11. The third-order valence-electron chi connectivity index (χ3n) is 6.27. The van der Waals surface area contributed by atoms with Gasteiger partial charge in [-0.2, -0.15) is 0 Å². The second-order valence-corrected chi connectivity index (χ2v) is 12.1. The van der Waals surface area contributed by atoms with Crippen LogP contribution in [0.4, 0.5) is 0 Å². The Hall–Kier alpha value is -2.71. The smallest absolute Gasteiger partial charge is 0.151 e. The molecule has 0 fully saturated rings. The van der Waals surface area contributed by atoms with Crippen molar-refractivity contribution in [3.63, 3.8) is 0 Å². The zero-order valence-electron chi connectivity index (χ0n) is 18.1. The van der Waals surface area contributed by atoms with Crippen molar-refractivity contribution in [1.29, 1.82) is 0 Å². The standard InChI is InChI=1S/C28H32OSi/c1-24(14-12-13-22-29)25(2)21-23-30(26-15-6-3-7-16-26,27-17-8-4-9-18-27)28-19-10-5-11-20-28/h3-11,15-22,24H,12-14,23H2,1-2H3/b25-21+. The SMILES string of the molecule is C/C(=C\C[Si](c1ccccc1)(c1ccccc1)c1ccccc1)C(C)CCCC=O. The normalized spacial score (nSPS) is 13.1. The number of carbonyl (C=O) groups is 1. The van der Waals surface area contributed by atoms with Crippen LogP contribution >= 0.6 is 0 Å². The first-order valence-electron chi connectivity index (χ1n) is 11.0. The van der Waals surface area contributed by atoms with Crippen molar-refractivity contribution < 1.29 is 4.79 Å². The summed E-state index contributed by atoms with van der Waals surface area (Å²) in [5.41, 5.74) is 1.43. The van der Waals surface area contributed by atoms with Crippen LogP contribution in [0.1, 0.15) is 33.1 Å². The second kappa shape index (κ2) is 10.9. The number of hydrogen-bond donors (Lipinski definition) is 0. The molecule has 0 radical (unpaired) electrons. The minimum atomic E-state index is -2.20. The topological polar surface area (TPSA) is 17.1 Å². The number of benzene rings is 3. The van der Waals surface area contributed by atoms with Gasteiger partial charge in [-0.05, 0) is 47.3 Å². The van der Waals surface area contributed by atoms with Crippen molar-refractivity contribution in [2.45, 2.75) is 39.2 Å². The molecule has 0 aliphatic heterocycles. The summed E-state index contributed by atoms with van der Waals surface area (Å²) in [6.45, 7) is 4.54. The zero-order valence-corrected chi connectivity index (χ0v) is 19.1. The monoisotopic (exact) mass is 412 g/mol. The summed E-state index contributed by atoms with van der Waals surface area (Å²) in [5.74, 6) is 0.499. The van der Waals surface area contributed by atoms with Crippen LogP contribution in [-0.2, 0) is 4.79 Å². The molecular weight excluding hydrogens is 380 g/mol. The maximum absolute atomic E-state index is 10.7. The van der Waals surface area contributed by atoms with Crippen LogP contribution < -0.4 is 15.6 Å². The third kappa shape index (κ3) is 5.06. The first-order chi connectivity index (χ1) is 14.7. The highest BCUT2D eigenvalue weighted by Gasteiger charge is 2.38. The van der Waals surface area contributed by atoms with Gasteiger partial charge in [-0.15, -0.1) is 0 Å². The molecule has 0 bridgehead atoms. The van der Waals surface area contributed by atoms with Crippen LogP contribution in [0.25, 0.3) is 0 Å². The lowest BCUT2D eigenvalue weighted by Crippen LogP contribution is -2.66. The molecule has 3 aromatic rings. The first kappa shape index (κ1) is 22.0. The molecule has 154 valence electrons. The average molecular weight is 413 g/mol. The minimum absolute atomic E-state index is 0.499. The van der Waals surface area contributed by atoms with Gasteiger partial charge < -0.3 is 4.79 Å². The van der Waals surface area contributed by atoms with Crippen LogP contribution in [0, 0.1) is 5.92 Å². The number of rotatable bonds is 10. The highest BCUT2D eigenvalue weighted by molar-refractivity contribution is 7.11. The van der Waals surface area contributed by atoms with Gasteiger partial charge >= 0.3 is 0 Å². The Kier molecular flexibility index (Phi) is 7.98. The highest BCUT2D eigenvalue weighted by Crippen LogP contribution is 2.21. The fraction of sp³-hybridized carbons (Fsp3) is 0.250. The molecule has 0 amide bonds. The predicted molar refractivity (Wildman–Crippen MR) is 132 cm³/mol. The number of carbonyl (C=O) groups excluding carboxylic acids is 1. The molecule has 0 spiro atoms. The van der Waals surface area contributed by atoms with E-state index >= 15 is 0 Å². The van der Waals surface area contributed by atoms with Gasteiger partial charge in [0.05, 0.1) is 0 Å². The van der Waals surface area contributed by atoms with Gasteiger partial charge in [0.2, 0.25) is 0 Å². The lowest BCUT2D eigenvalue weighted by atomic mass is 9.96. The number of hydrogen-bond acceptors (Lipinski definition) is 1. The molecule has 1 atom stereocenters. The van der Waals surface area contributed by atoms with Gasteiger partial charge in [-0.3, -0.25) is 0 Å².